The Bertz CT molecular complexity index is 383. The highest BCUT2D eigenvalue weighted by molar-refractivity contribution is 6.33. The average Bonchev–Trinajstić information content (AvgIpc) is 2.29. The highest BCUT2D eigenvalue weighted by atomic mass is 35.5. The Hall–Kier alpha value is -1.13. The largest absolute Gasteiger partial charge is 0.396 e. The second kappa shape index (κ2) is 6.57. The molecule has 0 bridgehead atoms. The van der Waals surface area contributed by atoms with Crippen LogP contribution in [0.2, 0.25) is 5.02 Å². The highest BCUT2D eigenvalue weighted by Gasteiger charge is 2.20. The average molecular weight is 257 g/mol. The Morgan fingerprint density at radius 2 is 2.29 bits per heavy atom. The predicted molar refractivity (Wildman–Crippen MR) is 67.1 cm³/mol. The number of halogens is 1. The second-order valence-electron chi connectivity index (χ2n) is 4.02. The normalized spacial score (nSPS) is 10.6. The van der Waals surface area contributed by atoms with Crippen molar-refractivity contribution in [2.75, 3.05) is 13.2 Å². The van der Waals surface area contributed by atoms with E-state index in [1.807, 2.05) is 13.8 Å². The number of amides is 1. The van der Waals surface area contributed by atoms with Crippen molar-refractivity contribution in [2.45, 2.75) is 26.3 Å². The van der Waals surface area contributed by atoms with Crippen molar-refractivity contribution in [3.63, 3.8) is 0 Å². The third-order valence-corrected chi connectivity index (χ3v) is 2.77. The van der Waals surface area contributed by atoms with E-state index in [9.17, 15) is 4.79 Å². The Morgan fingerprint density at radius 3 is 2.82 bits per heavy atom. The molecule has 0 aromatic carbocycles. The Kier molecular flexibility index (Phi) is 5.38. The van der Waals surface area contributed by atoms with E-state index in [4.69, 9.17) is 16.7 Å². The molecule has 94 valence electrons. The van der Waals surface area contributed by atoms with Gasteiger partial charge in [-0.15, -0.1) is 0 Å². The van der Waals surface area contributed by atoms with Crippen molar-refractivity contribution < 1.29 is 9.90 Å². The minimum atomic E-state index is -0.147. The number of hydrogen-bond donors (Lipinski definition) is 1. The van der Waals surface area contributed by atoms with Crippen LogP contribution in [0.5, 0.6) is 0 Å². The fourth-order valence-electron chi connectivity index (χ4n) is 1.52. The molecule has 1 amide bonds. The Labute approximate surface area is 106 Å². The minimum absolute atomic E-state index is 0.0605. The van der Waals surface area contributed by atoms with Crippen molar-refractivity contribution in [3.05, 3.63) is 29.0 Å². The van der Waals surface area contributed by atoms with Crippen molar-refractivity contribution >= 4 is 17.5 Å². The standard InChI is InChI=1S/C12H17ClN2O2/c1-9(2)15(6-3-7-16)12(17)10-8-14-5-4-11(10)13/h4-5,8-9,16H,3,6-7H2,1-2H3. The number of aromatic nitrogens is 1. The molecule has 1 aromatic heterocycles. The van der Waals surface area contributed by atoms with Crippen molar-refractivity contribution in [1.29, 1.82) is 0 Å². The van der Waals surface area contributed by atoms with Gasteiger partial charge in [0.05, 0.1) is 10.6 Å². The van der Waals surface area contributed by atoms with E-state index in [2.05, 4.69) is 4.98 Å². The number of nitrogens with zero attached hydrogens (tertiary/aromatic N) is 2. The fraction of sp³-hybridized carbons (Fsp3) is 0.500. The summed E-state index contributed by atoms with van der Waals surface area (Å²) in [5.41, 5.74) is 0.404. The summed E-state index contributed by atoms with van der Waals surface area (Å²) in [4.78, 5) is 17.8. The third-order valence-electron chi connectivity index (χ3n) is 2.44. The molecule has 1 N–H and O–H groups in total. The number of carbonyl (C=O) groups excluding carboxylic acids is 1. The lowest BCUT2D eigenvalue weighted by molar-refractivity contribution is 0.0693. The molecule has 0 atom stereocenters. The molecule has 5 heteroatoms. The van der Waals surface area contributed by atoms with E-state index in [1.54, 1.807) is 17.2 Å². The number of aliphatic hydroxyl groups is 1. The lowest BCUT2D eigenvalue weighted by Crippen LogP contribution is -2.38. The van der Waals surface area contributed by atoms with E-state index in [-0.39, 0.29) is 18.6 Å². The molecule has 1 rings (SSSR count). The molecule has 0 aliphatic carbocycles. The van der Waals surface area contributed by atoms with Gasteiger partial charge >= 0.3 is 0 Å². The van der Waals surface area contributed by atoms with Crippen LogP contribution in [0.15, 0.2) is 18.5 Å². The van der Waals surface area contributed by atoms with Crippen LogP contribution in [0.1, 0.15) is 30.6 Å². The van der Waals surface area contributed by atoms with Crippen LogP contribution in [0.4, 0.5) is 0 Å². The summed E-state index contributed by atoms with van der Waals surface area (Å²) in [7, 11) is 0. The van der Waals surface area contributed by atoms with Gasteiger partial charge in [0, 0.05) is 31.6 Å². The van der Waals surface area contributed by atoms with Crippen LogP contribution in [0.25, 0.3) is 0 Å². The first-order chi connectivity index (χ1) is 8.07. The maximum absolute atomic E-state index is 12.2. The molecule has 0 saturated heterocycles. The van der Waals surface area contributed by atoms with Crippen molar-refractivity contribution in [2.24, 2.45) is 0 Å². The summed E-state index contributed by atoms with van der Waals surface area (Å²) in [6.07, 6.45) is 3.58. The smallest absolute Gasteiger partial charge is 0.257 e. The number of rotatable bonds is 5. The van der Waals surface area contributed by atoms with Crippen molar-refractivity contribution in [3.8, 4) is 0 Å². The lowest BCUT2D eigenvalue weighted by atomic mass is 10.2. The molecule has 0 spiro atoms. The van der Waals surface area contributed by atoms with Crippen LogP contribution in [0.3, 0.4) is 0 Å². The molecule has 0 fully saturated rings. The molecule has 0 unspecified atom stereocenters. The van der Waals surface area contributed by atoms with E-state index >= 15 is 0 Å². The number of carbonyl (C=O) groups is 1. The summed E-state index contributed by atoms with van der Waals surface area (Å²) >= 11 is 5.97. The van der Waals surface area contributed by atoms with Crippen LogP contribution in [-0.4, -0.2) is 40.1 Å². The molecule has 1 heterocycles. The van der Waals surface area contributed by atoms with Crippen LogP contribution in [0, 0.1) is 0 Å². The van der Waals surface area contributed by atoms with Crippen molar-refractivity contribution in [1.82, 2.24) is 9.88 Å². The van der Waals surface area contributed by atoms with Crippen LogP contribution >= 0.6 is 11.6 Å². The minimum Gasteiger partial charge on any atom is -0.396 e. The van der Waals surface area contributed by atoms with Crippen LogP contribution < -0.4 is 0 Å². The first kappa shape index (κ1) is 13.9. The van der Waals surface area contributed by atoms with Gasteiger partial charge < -0.3 is 10.0 Å². The maximum Gasteiger partial charge on any atom is 0.257 e. The molecule has 0 aliphatic heterocycles. The number of aliphatic hydroxyl groups excluding tert-OH is 1. The van der Waals surface area contributed by atoms with E-state index in [1.165, 1.54) is 6.20 Å². The maximum atomic E-state index is 12.2. The Balaban J connectivity index is 2.88. The van der Waals surface area contributed by atoms with Gasteiger partial charge in [0.2, 0.25) is 0 Å². The molecule has 0 saturated carbocycles. The molecule has 0 aliphatic rings. The summed E-state index contributed by atoms with van der Waals surface area (Å²) in [5, 5.41) is 9.23. The van der Waals surface area contributed by atoms with E-state index in [0.717, 1.165) is 0 Å². The quantitative estimate of drug-likeness (QED) is 0.876. The summed E-state index contributed by atoms with van der Waals surface area (Å²) in [6, 6.07) is 1.66. The summed E-state index contributed by atoms with van der Waals surface area (Å²) in [5.74, 6) is -0.147. The first-order valence-electron chi connectivity index (χ1n) is 5.59. The Morgan fingerprint density at radius 1 is 1.59 bits per heavy atom. The topological polar surface area (TPSA) is 53.4 Å². The van der Waals surface area contributed by atoms with Gasteiger partial charge in [0.15, 0.2) is 0 Å². The third kappa shape index (κ3) is 3.68. The molecule has 1 aromatic rings. The zero-order valence-corrected chi connectivity index (χ0v) is 10.8. The molecule has 0 radical (unpaired) electrons. The summed E-state index contributed by atoms with van der Waals surface area (Å²) in [6.45, 7) is 4.44. The van der Waals surface area contributed by atoms with Gasteiger partial charge in [-0.25, -0.2) is 0 Å². The van der Waals surface area contributed by atoms with E-state index < -0.39 is 0 Å². The summed E-state index contributed by atoms with van der Waals surface area (Å²) < 4.78 is 0. The van der Waals surface area contributed by atoms with Gasteiger partial charge in [-0.2, -0.15) is 0 Å². The molecule has 4 nitrogen and oxygen atoms in total. The number of pyridine rings is 1. The molecule has 17 heavy (non-hydrogen) atoms. The first-order valence-corrected chi connectivity index (χ1v) is 5.97. The van der Waals surface area contributed by atoms with Gasteiger partial charge in [0.1, 0.15) is 0 Å². The predicted octanol–water partition coefficient (Wildman–Crippen LogP) is 1.97. The molecular formula is C12H17ClN2O2. The zero-order chi connectivity index (χ0) is 12.8. The fourth-order valence-corrected chi connectivity index (χ4v) is 1.71. The van der Waals surface area contributed by atoms with Gasteiger partial charge in [0.25, 0.3) is 5.91 Å². The second-order valence-corrected chi connectivity index (χ2v) is 4.43. The van der Waals surface area contributed by atoms with Gasteiger partial charge in [-0.3, -0.25) is 9.78 Å². The van der Waals surface area contributed by atoms with Gasteiger partial charge in [-0.05, 0) is 26.3 Å². The molecular weight excluding hydrogens is 240 g/mol. The highest BCUT2D eigenvalue weighted by Crippen LogP contribution is 2.17. The van der Waals surface area contributed by atoms with Crippen LogP contribution in [-0.2, 0) is 0 Å². The zero-order valence-electron chi connectivity index (χ0n) is 10.1. The van der Waals surface area contributed by atoms with Gasteiger partial charge in [-0.1, -0.05) is 11.6 Å². The lowest BCUT2D eigenvalue weighted by Gasteiger charge is -2.26. The van der Waals surface area contributed by atoms with E-state index in [0.29, 0.717) is 23.6 Å². The monoisotopic (exact) mass is 256 g/mol. The SMILES string of the molecule is CC(C)N(CCCO)C(=O)c1cnccc1Cl. The number of hydrogen-bond acceptors (Lipinski definition) is 3.